The summed E-state index contributed by atoms with van der Waals surface area (Å²) in [5.41, 5.74) is 0. The first kappa shape index (κ1) is 10.6. The molecule has 5 nitrogen and oxygen atoms in total. The minimum atomic E-state index is -0.386. The van der Waals surface area contributed by atoms with Gasteiger partial charge in [0.1, 0.15) is 6.61 Å². The van der Waals surface area contributed by atoms with Crippen molar-refractivity contribution in [2.24, 2.45) is 0 Å². The first-order chi connectivity index (χ1) is 7.83. The average molecular weight is 219 g/mol. The SMILES string of the molecule is C=CCOC(=O)N(c1cnccn1)C1CC1. The summed E-state index contributed by atoms with van der Waals surface area (Å²) in [6, 6.07) is 0.203. The van der Waals surface area contributed by atoms with E-state index in [2.05, 4.69) is 16.5 Å². The molecule has 1 amide bonds. The molecule has 1 aromatic heterocycles. The van der Waals surface area contributed by atoms with Crippen LogP contribution >= 0.6 is 0 Å². The predicted molar refractivity (Wildman–Crippen MR) is 59.1 cm³/mol. The number of hydrogen-bond acceptors (Lipinski definition) is 4. The normalized spacial score (nSPS) is 14.2. The molecule has 84 valence electrons. The van der Waals surface area contributed by atoms with Gasteiger partial charge in [0.25, 0.3) is 0 Å². The van der Waals surface area contributed by atoms with Gasteiger partial charge in [-0.2, -0.15) is 0 Å². The number of aromatic nitrogens is 2. The third-order valence-electron chi connectivity index (χ3n) is 2.23. The van der Waals surface area contributed by atoms with Gasteiger partial charge in [0.15, 0.2) is 5.82 Å². The maximum Gasteiger partial charge on any atom is 0.416 e. The summed E-state index contributed by atoms with van der Waals surface area (Å²) in [5.74, 6) is 0.541. The van der Waals surface area contributed by atoms with E-state index in [0.717, 1.165) is 12.8 Å². The van der Waals surface area contributed by atoms with Crippen LogP contribution in [-0.4, -0.2) is 28.7 Å². The summed E-state index contributed by atoms with van der Waals surface area (Å²) in [7, 11) is 0. The molecule has 0 bridgehead atoms. The maximum absolute atomic E-state index is 11.8. The summed E-state index contributed by atoms with van der Waals surface area (Å²) in [6.07, 6.45) is 7.82. The number of anilines is 1. The largest absolute Gasteiger partial charge is 0.445 e. The molecular weight excluding hydrogens is 206 g/mol. The van der Waals surface area contributed by atoms with E-state index in [-0.39, 0.29) is 18.7 Å². The zero-order valence-electron chi connectivity index (χ0n) is 8.87. The van der Waals surface area contributed by atoms with Crippen molar-refractivity contribution in [3.05, 3.63) is 31.2 Å². The van der Waals surface area contributed by atoms with Gasteiger partial charge in [-0.25, -0.2) is 9.78 Å². The average Bonchev–Trinajstić information content (AvgIpc) is 3.12. The third kappa shape index (κ3) is 2.36. The number of rotatable bonds is 4. The number of amides is 1. The number of nitrogens with zero attached hydrogens (tertiary/aromatic N) is 3. The van der Waals surface area contributed by atoms with Crippen LogP contribution in [0.3, 0.4) is 0 Å². The monoisotopic (exact) mass is 219 g/mol. The fourth-order valence-corrected chi connectivity index (χ4v) is 1.38. The molecule has 1 saturated carbocycles. The van der Waals surface area contributed by atoms with Crippen LogP contribution in [0.1, 0.15) is 12.8 Å². The van der Waals surface area contributed by atoms with E-state index in [1.807, 2.05) is 0 Å². The number of ether oxygens (including phenoxy) is 1. The van der Waals surface area contributed by atoms with Gasteiger partial charge < -0.3 is 4.74 Å². The summed E-state index contributed by atoms with van der Waals surface area (Å²) in [5, 5.41) is 0. The van der Waals surface area contributed by atoms with Crippen LogP contribution in [0.15, 0.2) is 31.2 Å². The minimum Gasteiger partial charge on any atom is -0.445 e. The smallest absolute Gasteiger partial charge is 0.416 e. The predicted octanol–water partition coefficient (Wildman–Crippen LogP) is 1.77. The van der Waals surface area contributed by atoms with Gasteiger partial charge in [-0.15, -0.1) is 0 Å². The molecule has 0 atom stereocenters. The molecule has 1 aliphatic carbocycles. The van der Waals surface area contributed by atoms with E-state index in [1.165, 1.54) is 0 Å². The summed E-state index contributed by atoms with van der Waals surface area (Å²) in [6.45, 7) is 3.71. The van der Waals surface area contributed by atoms with E-state index in [9.17, 15) is 4.79 Å². The van der Waals surface area contributed by atoms with Crippen LogP contribution in [0, 0.1) is 0 Å². The van der Waals surface area contributed by atoms with Crippen LogP contribution in [0.4, 0.5) is 10.6 Å². The highest BCUT2D eigenvalue weighted by Crippen LogP contribution is 2.30. The Balaban J connectivity index is 2.11. The second-order valence-electron chi connectivity index (χ2n) is 3.53. The van der Waals surface area contributed by atoms with Crippen LogP contribution in [-0.2, 0) is 4.74 Å². The van der Waals surface area contributed by atoms with Crippen LogP contribution in [0.2, 0.25) is 0 Å². The highest BCUT2D eigenvalue weighted by atomic mass is 16.6. The molecule has 16 heavy (non-hydrogen) atoms. The molecule has 0 aromatic carbocycles. The second-order valence-corrected chi connectivity index (χ2v) is 3.53. The Morgan fingerprint density at radius 2 is 2.44 bits per heavy atom. The van der Waals surface area contributed by atoms with E-state index in [1.54, 1.807) is 29.6 Å². The molecule has 0 spiro atoms. The van der Waals surface area contributed by atoms with Crippen molar-refractivity contribution in [3.8, 4) is 0 Å². The Morgan fingerprint density at radius 3 is 3.00 bits per heavy atom. The first-order valence-electron chi connectivity index (χ1n) is 5.16. The second kappa shape index (κ2) is 4.74. The molecule has 2 rings (SSSR count). The quantitative estimate of drug-likeness (QED) is 0.724. The Morgan fingerprint density at radius 1 is 1.62 bits per heavy atom. The van der Waals surface area contributed by atoms with Crippen molar-refractivity contribution in [2.75, 3.05) is 11.5 Å². The van der Waals surface area contributed by atoms with E-state index >= 15 is 0 Å². The van der Waals surface area contributed by atoms with Gasteiger partial charge in [-0.1, -0.05) is 12.7 Å². The van der Waals surface area contributed by atoms with Crippen molar-refractivity contribution < 1.29 is 9.53 Å². The highest BCUT2D eigenvalue weighted by Gasteiger charge is 2.35. The molecule has 0 saturated heterocycles. The summed E-state index contributed by atoms with van der Waals surface area (Å²) < 4.78 is 5.01. The minimum absolute atomic E-state index is 0.203. The molecule has 5 heteroatoms. The van der Waals surface area contributed by atoms with Gasteiger partial charge in [0.2, 0.25) is 0 Å². The van der Waals surface area contributed by atoms with Gasteiger partial charge in [-0.3, -0.25) is 9.88 Å². The fraction of sp³-hybridized carbons (Fsp3) is 0.364. The van der Waals surface area contributed by atoms with E-state index in [4.69, 9.17) is 4.74 Å². The number of carbonyl (C=O) groups excluding carboxylic acids is 1. The van der Waals surface area contributed by atoms with Crippen molar-refractivity contribution in [1.29, 1.82) is 0 Å². The molecule has 0 radical (unpaired) electrons. The lowest BCUT2D eigenvalue weighted by Crippen LogP contribution is -2.34. The lowest BCUT2D eigenvalue weighted by atomic mass is 10.5. The molecular formula is C11H13N3O2. The molecule has 0 aliphatic heterocycles. The van der Waals surface area contributed by atoms with Gasteiger partial charge in [-0.05, 0) is 12.8 Å². The van der Waals surface area contributed by atoms with E-state index < -0.39 is 0 Å². The van der Waals surface area contributed by atoms with Crippen LogP contribution in [0.5, 0.6) is 0 Å². The zero-order chi connectivity index (χ0) is 11.4. The molecule has 1 aromatic rings. The van der Waals surface area contributed by atoms with Crippen molar-refractivity contribution in [2.45, 2.75) is 18.9 Å². The highest BCUT2D eigenvalue weighted by molar-refractivity contribution is 5.87. The van der Waals surface area contributed by atoms with Crippen LogP contribution in [0.25, 0.3) is 0 Å². The van der Waals surface area contributed by atoms with Crippen molar-refractivity contribution >= 4 is 11.9 Å². The van der Waals surface area contributed by atoms with Crippen molar-refractivity contribution in [1.82, 2.24) is 9.97 Å². The third-order valence-corrected chi connectivity index (χ3v) is 2.23. The topological polar surface area (TPSA) is 55.3 Å². The van der Waals surface area contributed by atoms with E-state index in [0.29, 0.717) is 5.82 Å². The fourth-order valence-electron chi connectivity index (χ4n) is 1.38. The molecule has 1 aliphatic rings. The number of carbonyl (C=O) groups is 1. The Labute approximate surface area is 93.8 Å². The Bertz CT molecular complexity index is 376. The molecule has 0 unspecified atom stereocenters. The molecule has 1 heterocycles. The van der Waals surface area contributed by atoms with Crippen molar-refractivity contribution in [3.63, 3.8) is 0 Å². The maximum atomic E-state index is 11.8. The first-order valence-corrected chi connectivity index (χ1v) is 5.16. The van der Waals surface area contributed by atoms with Gasteiger partial charge >= 0.3 is 6.09 Å². The zero-order valence-corrected chi connectivity index (χ0v) is 8.87. The lowest BCUT2D eigenvalue weighted by molar-refractivity contribution is 0.165. The van der Waals surface area contributed by atoms with Gasteiger partial charge in [0.05, 0.1) is 6.20 Å². The molecule has 1 fully saturated rings. The lowest BCUT2D eigenvalue weighted by Gasteiger charge is -2.19. The molecule has 0 N–H and O–H groups in total. The van der Waals surface area contributed by atoms with Crippen LogP contribution < -0.4 is 4.90 Å². The van der Waals surface area contributed by atoms with Gasteiger partial charge in [0, 0.05) is 18.4 Å². The standard InChI is InChI=1S/C11H13N3O2/c1-2-7-16-11(15)14(9-3-4-9)10-8-12-5-6-13-10/h2,5-6,8-9H,1,3-4,7H2. The summed E-state index contributed by atoms with van der Waals surface area (Å²) >= 11 is 0. The Hall–Kier alpha value is -1.91. The Kier molecular flexibility index (Phi) is 3.14. The number of hydrogen-bond donors (Lipinski definition) is 0. The summed E-state index contributed by atoms with van der Waals surface area (Å²) in [4.78, 5) is 21.4.